The van der Waals surface area contributed by atoms with E-state index in [1.807, 2.05) is 66.3 Å². The van der Waals surface area contributed by atoms with Crippen molar-refractivity contribution in [2.24, 2.45) is 7.05 Å². The van der Waals surface area contributed by atoms with E-state index < -0.39 is 0 Å². The number of nitro benzene ring substituents is 1. The van der Waals surface area contributed by atoms with Gasteiger partial charge in [0.2, 0.25) is 0 Å². The summed E-state index contributed by atoms with van der Waals surface area (Å²) in [6.45, 7) is 4.61. The first-order valence-electron chi connectivity index (χ1n) is 10.1. The number of nitrogens with zero attached hydrogens (tertiary/aromatic N) is 3. The lowest BCUT2D eigenvalue weighted by Gasteiger charge is -2.33. The lowest BCUT2D eigenvalue weighted by atomic mass is 10.1. The molecule has 0 atom stereocenters. The molecule has 0 spiro atoms. The highest BCUT2D eigenvalue weighted by atomic mass is 16.6. The minimum absolute atomic E-state index is 0.0513. The molecule has 0 saturated carbocycles. The number of rotatable bonds is 6. The van der Waals surface area contributed by atoms with Crippen molar-refractivity contribution in [1.29, 1.82) is 0 Å². The molecule has 0 bridgehead atoms. The first kappa shape index (κ1) is 19.8. The Morgan fingerprint density at radius 2 is 1.70 bits per heavy atom. The third kappa shape index (κ3) is 4.26. The number of aryl methyl sites for hydroxylation is 1. The maximum atomic E-state index is 12.7. The van der Waals surface area contributed by atoms with Crippen LogP contribution in [0.4, 0.5) is 11.4 Å². The van der Waals surface area contributed by atoms with Crippen molar-refractivity contribution >= 4 is 17.2 Å². The van der Waals surface area contributed by atoms with E-state index in [4.69, 9.17) is 0 Å². The number of non-ortho nitro benzene ring substituents is 1. The summed E-state index contributed by atoms with van der Waals surface area (Å²) in [7, 11) is 1.99. The van der Waals surface area contributed by atoms with Crippen LogP contribution in [0.2, 0.25) is 0 Å². The van der Waals surface area contributed by atoms with Crippen molar-refractivity contribution in [2.45, 2.75) is 6.54 Å². The van der Waals surface area contributed by atoms with Crippen LogP contribution in [0, 0.1) is 10.1 Å². The van der Waals surface area contributed by atoms with Gasteiger partial charge >= 0.3 is 0 Å². The third-order valence-electron chi connectivity index (χ3n) is 5.73. The molecule has 1 N–H and O–H groups in total. The lowest BCUT2D eigenvalue weighted by molar-refractivity contribution is -0.914. The molecule has 154 valence electrons. The number of nitrogens with one attached hydrogen (secondary N) is 1. The van der Waals surface area contributed by atoms with Crippen molar-refractivity contribution in [3.8, 4) is 0 Å². The van der Waals surface area contributed by atoms with Crippen molar-refractivity contribution < 1.29 is 14.6 Å². The molecule has 1 fully saturated rings. The molecule has 4 rings (SSSR count). The second-order valence-electron chi connectivity index (χ2n) is 7.71. The van der Waals surface area contributed by atoms with E-state index >= 15 is 0 Å². The van der Waals surface area contributed by atoms with Gasteiger partial charge in [-0.1, -0.05) is 30.3 Å². The number of hydrogen-bond acceptors (Lipinski definition) is 4. The highest BCUT2D eigenvalue weighted by Gasteiger charge is 2.22. The van der Waals surface area contributed by atoms with Crippen molar-refractivity contribution in [3.63, 3.8) is 0 Å². The summed E-state index contributed by atoms with van der Waals surface area (Å²) in [6.07, 6.45) is 1.91. The molecule has 30 heavy (non-hydrogen) atoms. The Morgan fingerprint density at radius 1 is 1.03 bits per heavy atom. The number of carbonyl (C=O) groups excluding carboxylic acids is 1. The molecule has 7 nitrogen and oxygen atoms in total. The van der Waals surface area contributed by atoms with Crippen LogP contribution in [-0.4, -0.2) is 41.5 Å². The zero-order chi connectivity index (χ0) is 21.1. The van der Waals surface area contributed by atoms with Gasteiger partial charge < -0.3 is 14.4 Å². The summed E-state index contributed by atoms with van der Waals surface area (Å²) in [5, 5.41) is 10.8. The molecule has 0 unspecified atom stereocenters. The quantitative estimate of drug-likeness (QED) is 0.387. The Labute approximate surface area is 175 Å². The summed E-state index contributed by atoms with van der Waals surface area (Å²) >= 11 is 0. The van der Waals surface area contributed by atoms with Crippen molar-refractivity contribution in [2.75, 3.05) is 31.1 Å². The standard InChI is InChI=1S/C23H24N4O3/c1-24-16-19(23(28)18-5-3-2-4-6-18)15-22(24)17-25-11-13-26(14-12-25)20-7-9-21(10-8-20)27(29)30/h2-10,15-16H,11-14,17H2,1H3/p+1. The van der Waals surface area contributed by atoms with E-state index in [0.29, 0.717) is 5.56 Å². The topological polar surface area (TPSA) is 72.8 Å². The Morgan fingerprint density at radius 3 is 2.33 bits per heavy atom. The van der Waals surface area contributed by atoms with Crippen LogP contribution in [0.25, 0.3) is 0 Å². The Hall–Kier alpha value is -3.45. The molecule has 0 aliphatic carbocycles. The number of quaternary nitrogens is 1. The SMILES string of the molecule is Cn1cc(C(=O)c2ccccc2)cc1C[NH+]1CCN(c2ccc([N+](=O)[O-])cc2)CC1. The molecule has 1 aliphatic rings. The summed E-state index contributed by atoms with van der Waals surface area (Å²) in [6, 6.07) is 18.1. The average molecular weight is 405 g/mol. The number of ketones is 1. The Kier molecular flexibility index (Phi) is 5.63. The predicted molar refractivity (Wildman–Crippen MR) is 115 cm³/mol. The average Bonchev–Trinajstić information content (AvgIpc) is 3.14. The van der Waals surface area contributed by atoms with Crippen LogP contribution in [0.5, 0.6) is 0 Å². The normalized spacial score (nSPS) is 14.6. The van der Waals surface area contributed by atoms with Gasteiger partial charge in [-0.15, -0.1) is 0 Å². The van der Waals surface area contributed by atoms with Gasteiger partial charge in [0, 0.05) is 42.2 Å². The molecule has 3 aromatic rings. The second-order valence-corrected chi connectivity index (χ2v) is 7.71. The fourth-order valence-corrected chi connectivity index (χ4v) is 3.97. The number of aromatic nitrogens is 1. The molecule has 2 aromatic carbocycles. The summed E-state index contributed by atoms with van der Waals surface area (Å²) in [5.41, 5.74) is 3.72. The highest BCUT2D eigenvalue weighted by molar-refractivity contribution is 6.09. The first-order valence-corrected chi connectivity index (χ1v) is 10.1. The fourth-order valence-electron chi connectivity index (χ4n) is 3.97. The number of nitro groups is 1. The first-order chi connectivity index (χ1) is 14.5. The molecule has 1 aliphatic heterocycles. The van der Waals surface area contributed by atoms with Crippen LogP contribution in [-0.2, 0) is 13.6 Å². The monoisotopic (exact) mass is 405 g/mol. The molecule has 1 saturated heterocycles. The number of anilines is 1. The zero-order valence-electron chi connectivity index (χ0n) is 17.0. The minimum Gasteiger partial charge on any atom is -0.360 e. The van der Waals surface area contributed by atoms with Crippen LogP contribution in [0.1, 0.15) is 21.6 Å². The lowest BCUT2D eigenvalue weighted by Crippen LogP contribution is -3.13. The van der Waals surface area contributed by atoms with Gasteiger partial charge in [-0.25, -0.2) is 0 Å². The number of piperazine rings is 1. The summed E-state index contributed by atoms with van der Waals surface area (Å²) < 4.78 is 2.05. The van der Waals surface area contributed by atoms with Crippen LogP contribution < -0.4 is 9.80 Å². The van der Waals surface area contributed by atoms with Gasteiger partial charge in [0.05, 0.1) is 36.8 Å². The van der Waals surface area contributed by atoms with Crippen LogP contribution in [0.3, 0.4) is 0 Å². The molecule has 0 radical (unpaired) electrons. The van der Waals surface area contributed by atoms with E-state index in [-0.39, 0.29) is 16.4 Å². The van der Waals surface area contributed by atoms with Gasteiger partial charge in [0.25, 0.3) is 5.69 Å². The van der Waals surface area contributed by atoms with E-state index in [1.165, 1.54) is 4.90 Å². The van der Waals surface area contributed by atoms with Crippen molar-refractivity contribution in [1.82, 2.24) is 4.57 Å². The van der Waals surface area contributed by atoms with Gasteiger partial charge in [-0.05, 0) is 18.2 Å². The maximum absolute atomic E-state index is 12.7. The van der Waals surface area contributed by atoms with Gasteiger partial charge in [-0.2, -0.15) is 0 Å². The maximum Gasteiger partial charge on any atom is 0.269 e. The summed E-state index contributed by atoms with van der Waals surface area (Å²) in [4.78, 5) is 26.9. The fraction of sp³-hybridized carbons (Fsp3) is 0.261. The van der Waals surface area contributed by atoms with Crippen LogP contribution in [0.15, 0.2) is 66.9 Å². The van der Waals surface area contributed by atoms with Crippen LogP contribution >= 0.6 is 0 Å². The van der Waals surface area contributed by atoms with Crippen molar-refractivity contribution in [3.05, 3.63) is 93.8 Å². The summed E-state index contributed by atoms with van der Waals surface area (Å²) in [5.74, 6) is 0.0513. The molecule has 7 heteroatoms. The largest absolute Gasteiger partial charge is 0.360 e. The Balaban J connectivity index is 1.37. The molecule has 1 aromatic heterocycles. The minimum atomic E-state index is -0.372. The molecule has 0 amide bonds. The highest BCUT2D eigenvalue weighted by Crippen LogP contribution is 2.19. The third-order valence-corrected chi connectivity index (χ3v) is 5.73. The van der Waals surface area contributed by atoms with E-state index in [1.54, 1.807) is 12.1 Å². The number of hydrogen-bond donors (Lipinski definition) is 1. The molecular weight excluding hydrogens is 380 g/mol. The van der Waals surface area contributed by atoms with E-state index in [9.17, 15) is 14.9 Å². The number of benzene rings is 2. The van der Waals surface area contributed by atoms with E-state index in [2.05, 4.69) is 4.90 Å². The zero-order valence-corrected chi connectivity index (χ0v) is 17.0. The number of carbonyl (C=O) groups is 1. The van der Waals surface area contributed by atoms with Gasteiger partial charge in [0.1, 0.15) is 6.54 Å². The molecular formula is C23H25N4O3+. The second kappa shape index (κ2) is 8.51. The van der Waals surface area contributed by atoms with E-state index in [0.717, 1.165) is 49.7 Å². The Bertz CT molecular complexity index is 1040. The smallest absolute Gasteiger partial charge is 0.269 e. The predicted octanol–water partition coefficient (Wildman–Crippen LogP) is 2.07. The molecule has 2 heterocycles. The van der Waals surface area contributed by atoms with Gasteiger partial charge in [-0.3, -0.25) is 14.9 Å². The van der Waals surface area contributed by atoms with Gasteiger partial charge in [0.15, 0.2) is 5.78 Å².